The van der Waals surface area contributed by atoms with Crippen molar-refractivity contribution < 1.29 is 9.26 Å². The maximum Gasteiger partial charge on any atom is 0.143 e. The zero-order valence-corrected chi connectivity index (χ0v) is 11.0. The Balaban J connectivity index is 2.03. The first-order chi connectivity index (χ1) is 8.24. The maximum absolute atomic E-state index is 5.51. The molecule has 0 radical (unpaired) electrons. The number of fused-ring (bicyclic) bond motifs is 1. The molecule has 0 fully saturated rings. The van der Waals surface area contributed by atoms with Crippen LogP contribution in [0.4, 0.5) is 0 Å². The van der Waals surface area contributed by atoms with Crippen LogP contribution in [-0.4, -0.2) is 25.4 Å². The molecule has 96 valence electrons. The van der Waals surface area contributed by atoms with Crippen LogP contribution in [0.3, 0.4) is 0 Å². The van der Waals surface area contributed by atoms with Crippen LogP contribution in [0, 0.1) is 0 Å². The van der Waals surface area contributed by atoms with E-state index in [2.05, 4.69) is 24.3 Å². The van der Waals surface area contributed by atoms with Gasteiger partial charge in [0.25, 0.3) is 0 Å². The molecule has 0 saturated carbocycles. The van der Waals surface area contributed by atoms with Crippen molar-refractivity contribution in [3.05, 3.63) is 17.0 Å². The van der Waals surface area contributed by atoms with Gasteiger partial charge in [0, 0.05) is 31.7 Å². The fourth-order valence-electron chi connectivity index (χ4n) is 2.51. The van der Waals surface area contributed by atoms with Gasteiger partial charge in [0.05, 0.1) is 6.61 Å². The molecule has 1 aromatic rings. The minimum absolute atomic E-state index is 0.515. The summed E-state index contributed by atoms with van der Waals surface area (Å²) in [6.45, 7) is 6.84. The van der Waals surface area contributed by atoms with Gasteiger partial charge in [-0.25, -0.2) is 0 Å². The van der Waals surface area contributed by atoms with Crippen molar-refractivity contribution in [1.29, 1.82) is 0 Å². The highest BCUT2D eigenvalue weighted by molar-refractivity contribution is 5.31. The Kier molecular flexibility index (Phi) is 4.18. The minimum Gasteiger partial charge on any atom is -0.383 e. The van der Waals surface area contributed by atoms with Crippen LogP contribution < -0.4 is 5.32 Å². The molecule has 0 amide bonds. The third-order valence-corrected chi connectivity index (χ3v) is 3.58. The second kappa shape index (κ2) is 5.65. The molecule has 4 nitrogen and oxygen atoms in total. The number of nitrogens with zero attached hydrogens (tertiary/aromatic N) is 1. The second-order valence-corrected chi connectivity index (χ2v) is 4.96. The average Bonchev–Trinajstić information content (AvgIpc) is 2.75. The Morgan fingerprint density at radius 1 is 1.35 bits per heavy atom. The van der Waals surface area contributed by atoms with Gasteiger partial charge in [-0.1, -0.05) is 19.0 Å². The Morgan fingerprint density at radius 2 is 2.12 bits per heavy atom. The molecule has 2 rings (SSSR count). The van der Waals surface area contributed by atoms with Crippen molar-refractivity contribution in [2.24, 2.45) is 0 Å². The smallest absolute Gasteiger partial charge is 0.143 e. The molecule has 1 heterocycles. The van der Waals surface area contributed by atoms with E-state index in [1.807, 2.05) is 0 Å². The Hall–Kier alpha value is -0.870. The lowest BCUT2D eigenvalue weighted by Gasteiger charge is -2.22. The van der Waals surface area contributed by atoms with Gasteiger partial charge in [-0.15, -0.1) is 0 Å². The van der Waals surface area contributed by atoms with E-state index in [0.29, 0.717) is 11.8 Å². The molecule has 17 heavy (non-hydrogen) atoms. The molecular formula is C13H22N2O2. The summed E-state index contributed by atoms with van der Waals surface area (Å²) in [7, 11) is 1.71. The molecule has 0 spiro atoms. The Bertz CT molecular complexity index is 362. The molecule has 1 aliphatic rings. The lowest BCUT2D eigenvalue weighted by atomic mass is 9.82. The fourth-order valence-corrected chi connectivity index (χ4v) is 2.51. The summed E-state index contributed by atoms with van der Waals surface area (Å²) in [5.41, 5.74) is 2.42. The van der Waals surface area contributed by atoms with Crippen LogP contribution >= 0.6 is 0 Å². The molecule has 1 aromatic heterocycles. The molecule has 4 heteroatoms. The third kappa shape index (κ3) is 2.69. The molecule has 0 aliphatic heterocycles. The van der Waals surface area contributed by atoms with Crippen LogP contribution in [0.25, 0.3) is 0 Å². The van der Waals surface area contributed by atoms with E-state index in [-0.39, 0.29) is 0 Å². The number of nitrogens with one attached hydrogen (secondary N) is 1. The predicted molar refractivity (Wildman–Crippen MR) is 66.1 cm³/mol. The van der Waals surface area contributed by atoms with Gasteiger partial charge in [0.1, 0.15) is 11.5 Å². The van der Waals surface area contributed by atoms with E-state index >= 15 is 0 Å². The first-order valence-electron chi connectivity index (χ1n) is 6.42. The summed E-state index contributed by atoms with van der Waals surface area (Å²) < 4.78 is 10.5. The maximum atomic E-state index is 5.51. The van der Waals surface area contributed by atoms with E-state index in [1.54, 1.807) is 7.11 Å². The lowest BCUT2D eigenvalue weighted by molar-refractivity contribution is 0.199. The summed E-state index contributed by atoms with van der Waals surface area (Å²) in [5, 5.41) is 7.54. The van der Waals surface area contributed by atoms with Gasteiger partial charge >= 0.3 is 0 Å². The van der Waals surface area contributed by atoms with Crippen LogP contribution in [-0.2, 0) is 11.3 Å². The number of hydrogen-bond donors (Lipinski definition) is 1. The summed E-state index contributed by atoms with van der Waals surface area (Å²) in [6, 6.07) is 0. The summed E-state index contributed by atoms with van der Waals surface area (Å²) in [4.78, 5) is 0. The second-order valence-electron chi connectivity index (χ2n) is 4.96. The topological polar surface area (TPSA) is 47.3 Å². The number of rotatable bonds is 5. The van der Waals surface area contributed by atoms with Crippen molar-refractivity contribution in [1.82, 2.24) is 10.5 Å². The summed E-state index contributed by atoms with van der Waals surface area (Å²) in [5.74, 6) is 2.19. The van der Waals surface area contributed by atoms with Gasteiger partial charge in [-0.3, -0.25) is 0 Å². The number of aromatic nitrogens is 1. The van der Waals surface area contributed by atoms with Crippen LogP contribution in [0.1, 0.15) is 55.5 Å². The highest BCUT2D eigenvalue weighted by Gasteiger charge is 2.29. The standard InChI is InChI=1S/C13H22N2O2/c1-9-4-5-10(2)13-12(9)11(15-17-13)8-14-6-7-16-3/h9-10,14H,4-8H2,1-3H3. The molecular weight excluding hydrogens is 216 g/mol. The molecule has 0 bridgehead atoms. The van der Waals surface area contributed by atoms with Crippen molar-refractivity contribution in [2.75, 3.05) is 20.3 Å². The van der Waals surface area contributed by atoms with Crippen molar-refractivity contribution in [2.45, 2.75) is 45.1 Å². The highest BCUT2D eigenvalue weighted by Crippen LogP contribution is 2.39. The first kappa shape index (κ1) is 12.6. The highest BCUT2D eigenvalue weighted by atomic mass is 16.5. The van der Waals surface area contributed by atoms with Crippen LogP contribution in [0.15, 0.2) is 4.52 Å². The third-order valence-electron chi connectivity index (χ3n) is 3.58. The number of hydrogen-bond acceptors (Lipinski definition) is 4. The fraction of sp³-hybridized carbons (Fsp3) is 0.769. The predicted octanol–water partition coefficient (Wildman–Crippen LogP) is 2.41. The van der Waals surface area contributed by atoms with E-state index in [0.717, 1.165) is 31.2 Å². The quantitative estimate of drug-likeness (QED) is 0.800. The number of methoxy groups -OCH3 is 1. The summed E-state index contributed by atoms with van der Waals surface area (Å²) >= 11 is 0. The van der Waals surface area contributed by atoms with Crippen LogP contribution in [0.2, 0.25) is 0 Å². The zero-order valence-electron chi connectivity index (χ0n) is 11.0. The Labute approximate surface area is 103 Å². The molecule has 0 aromatic carbocycles. The van der Waals surface area contributed by atoms with E-state index in [4.69, 9.17) is 9.26 Å². The largest absolute Gasteiger partial charge is 0.383 e. The monoisotopic (exact) mass is 238 g/mol. The van der Waals surface area contributed by atoms with Gasteiger partial charge in [0.15, 0.2) is 0 Å². The van der Waals surface area contributed by atoms with Crippen LogP contribution in [0.5, 0.6) is 0 Å². The minimum atomic E-state index is 0.515. The van der Waals surface area contributed by atoms with Gasteiger partial charge < -0.3 is 14.6 Å². The lowest BCUT2D eigenvalue weighted by Crippen LogP contribution is -2.20. The summed E-state index contributed by atoms with van der Waals surface area (Å²) in [6.07, 6.45) is 2.44. The molecule has 1 aliphatic carbocycles. The van der Waals surface area contributed by atoms with Crippen molar-refractivity contribution in [3.8, 4) is 0 Å². The van der Waals surface area contributed by atoms with Gasteiger partial charge in [0.2, 0.25) is 0 Å². The molecule has 1 N–H and O–H groups in total. The number of ether oxygens (including phenoxy) is 1. The van der Waals surface area contributed by atoms with E-state index < -0.39 is 0 Å². The zero-order chi connectivity index (χ0) is 12.3. The van der Waals surface area contributed by atoms with Gasteiger partial charge in [-0.2, -0.15) is 0 Å². The van der Waals surface area contributed by atoms with Crippen molar-refractivity contribution >= 4 is 0 Å². The Morgan fingerprint density at radius 3 is 2.88 bits per heavy atom. The molecule has 0 saturated heterocycles. The van der Waals surface area contributed by atoms with E-state index in [9.17, 15) is 0 Å². The SMILES string of the molecule is COCCNCc1noc2c1C(C)CCC2C. The normalized spacial score (nSPS) is 23.7. The first-order valence-corrected chi connectivity index (χ1v) is 6.42. The molecule has 2 unspecified atom stereocenters. The van der Waals surface area contributed by atoms with E-state index in [1.165, 1.54) is 18.4 Å². The van der Waals surface area contributed by atoms with Gasteiger partial charge in [-0.05, 0) is 18.8 Å². The van der Waals surface area contributed by atoms with Crippen molar-refractivity contribution in [3.63, 3.8) is 0 Å². The average molecular weight is 238 g/mol. The molecule has 2 atom stereocenters.